The van der Waals surface area contributed by atoms with E-state index in [9.17, 15) is 9.18 Å². The minimum atomic E-state index is -0.361. The Kier molecular flexibility index (Phi) is 3.23. The van der Waals surface area contributed by atoms with Gasteiger partial charge in [0.15, 0.2) is 0 Å². The van der Waals surface area contributed by atoms with Crippen molar-refractivity contribution in [2.75, 3.05) is 6.61 Å². The summed E-state index contributed by atoms with van der Waals surface area (Å²) >= 11 is 3.19. The Balaban J connectivity index is 2.11. The van der Waals surface area contributed by atoms with E-state index >= 15 is 0 Å². The average Bonchev–Trinajstić information content (AvgIpc) is 3.02. The van der Waals surface area contributed by atoms with Gasteiger partial charge < -0.3 is 4.74 Å². The van der Waals surface area contributed by atoms with E-state index in [4.69, 9.17) is 4.74 Å². The third-order valence-electron chi connectivity index (χ3n) is 2.57. The molecule has 0 bridgehead atoms. The lowest BCUT2D eigenvalue weighted by Crippen LogP contribution is -2.08. The van der Waals surface area contributed by atoms with E-state index in [0.717, 1.165) is 0 Å². The number of nitrogens with zero attached hydrogens (tertiary/aromatic N) is 1. The molecule has 1 aliphatic carbocycles. The van der Waals surface area contributed by atoms with Gasteiger partial charge in [0, 0.05) is 5.92 Å². The number of hydrogen-bond acceptors (Lipinski definition) is 3. The highest BCUT2D eigenvalue weighted by molar-refractivity contribution is 9.10. The molecule has 1 fully saturated rings. The first-order valence-electron chi connectivity index (χ1n) is 5.12. The van der Waals surface area contributed by atoms with Crippen molar-refractivity contribution in [2.45, 2.75) is 19.3 Å². The molecule has 2 unspecified atom stereocenters. The van der Waals surface area contributed by atoms with Gasteiger partial charge in [-0.05, 0) is 41.4 Å². The zero-order valence-electron chi connectivity index (χ0n) is 8.74. The Morgan fingerprint density at radius 3 is 3.12 bits per heavy atom. The zero-order chi connectivity index (χ0) is 11.7. The fourth-order valence-corrected chi connectivity index (χ4v) is 2.02. The second-order valence-electron chi connectivity index (χ2n) is 3.70. The highest BCUT2D eigenvalue weighted by Crippen LogP contribution is 2.48. The summed E-state index contributed by atoms with van der Waals surface area (Å²) in [5.41, 5.74) is 0.354. The summed E-state index contributed by atoms with van der Waals surface area (Å²) in [6.45, 7) is 2.11. The topological polar surface area (TPSA) is 39.2 Å². The second kappa shape index (κ2) is 4.49. The van der Waals surface area contributed by atoms with E-state index in [1.54, 1.807) is 13.0 Å². The predicted octanol–water partition coefficient (Wildman–Crippen LogP) is 2.65. The number of rotatable bonds is 3. The van der Waals surface area contributed by atoms with Crippen LogP contribution >= 0.6 is 15.9 Å². The number of carbonyl (C=O) groups excluding carboxylic acids is 1. The maximum absolute atomic E-state index is 13.4. The highest BCUT2D eigenvalue weighted by atomic mass is 79.9. The Bertz CT molecular complexity index is 424. The standard InChI is InChI=1S/C11H11BrFNO2/c1-2-16-11(15)7-5-6(7)10-8(13)3-4-9(12)14-10/h3-4,6-7H,2,5H2,1H3. The third-order valence-corrected chi connectivity index (χ3v) is 3.01. The number of carbonyl (C=O) groups is 1. The van der Waals surface area contributed by atoms with Crippen LogP contribution in [0.5, 0.6) is 0 Å². The second-order valence-corrected chi connectivity index (χ2v) is 4.51. The van der Waals surface area contributed by atoms with Crippen LogP contribution in [0.15, 0.2) is 16.7 Å². The number of aromatic nitrogens is 1. The van der Waals surface area contributed by atoms with Gasteiger partial charge in [-0.1, -0.05) is 0 Å². The van der Waals surface area contributed by atoms with E-state index in [-0.39, 0.29) is 23.6 Å². The zero-order valence-corrected chi connectivity index (χ0v) is 10.3. The first-order valence-corrected chi connectivity index (χ1v) is 5.91. The van der Waals surface area contributed by atoms with Crippen LogP contribution in [-0.2, 0) is 9.53 Å². The van der Waals surface area contributed by atoms with E-state index in [0.29, 0.717) is 23.3 Å². The van der Waals surface area contributed by atoms with Crippen molar-refractivity contribution in [3.05, 3.63) is 28.2 Å². The Labute approximate surface area is 101 Å². The fraction of sp³-hybridized carbons (Fsp3) is 0.455. The number of hydrogen-bond donors (Lipinski definition) is 0. The summed E-state index contributed by atoms with van der Waals surface area (Å²) in [7, 11) is 0. The number of pyridine rings is 1. The molecule has 1 aromatic heterocycles. The molecular weight excluding hydrogens is 277 g/mol. The molecule has 0 spiro atoms. The lowest BCUT2D eigenvalue weighted by Gasteiger charge is -2.02. The van der Waals surface area contributed by atoms with Gasteiger partial charge in [-0.3, -0.25) is 4.79 Å². The number of esters is 1. The van der Waals surface area contributed by atoms with Crippen LogP contribution in [-0.4, -0.2) is 17.6 Å². The molecule has 2 rings (SSSR count). The minimum absolute atomic E-state index is 0.128. The maximum atomic E-state index is 13.4. The predicted molar refractivity (Wildman–Crippen MR) is 59.4 cm³/mol. The molecule has 5 heteroatoms. The number of halogens is 2. The molecule has 1 aliphatic rings. The van der Waals surface area contributed by atoms with Gasteiger partial charge in [0.1, 0.15) is 10.4 Å². The van der Waals surface area contributed by atoms with Crippen molar-refractivity contribution in [2.24, 2.45) is 5.92 Å². The molecule has 0 N–H and O–H groups in total. The minimum Gasteiger partial charge on any atom is -0.466 e. The molecule has 0 aromatic carbocycles. The quantitative estimate of drug-likeness (QED) is 0.634. The monoisotopic (exact) mass is 287 g/mol. The largest absolute Gasteiger partial charge is 0.466 e. The molecule has 0 saturated heterocycles. The number of ether oxygens (including phenoxy) is 1. The summed E-state index contributed by atoms with van der Waals surface area (Å²) in [6, 6.07) is 2.90. The van der Waals surface area contributed by atoms with Crippen LogP contribution in [0, 0.1) is 11.7 Å². The maximum Gasteiger partial charge on any atom is 0.309 e. The van der Waals surface area contributed by atoms with Crippen molar-refractivity contribution in [1.29, 1.82) is 0 Å². The Morgan fingerprint density at radius 2 is 2.44 bits per heavy atom. The molecule has 86 valence electrons. The fourth-order valence-electron chi connectivity index (χ4n) is 1.70. The van der Waals surface area contributed by atoms with Crippen molar-refractivity contribution < 1.29 is 13.9 Å². The molecule has 0 radical (unpaired) electrons. The highest BCUT2D eigenvalue weighted by Gasteiger charge is 2.47. The lowest BCUT2D eigenvalue weighted by atomic mass is 10.2. The SMILES string of the molecule is CCOC(=O)C1CC1c1nc(Br)ccc1F. The van der Waals surface area contributed by atoms with Crippen LogP contribution in [0.2, 0.25) is 0 Å². The molecule has 0 aliphatic heterocycles. The van der Waals surface area contributed by atoms with E-state index in [1.807, 2.05) is 0 Å². The molecule has 1 saturated carbocycles. The first-order chi connectivity index (χ1) is 7.63. The van der Waals surface area contributed by atoms with Crippen LogP contribution in [0.4, 0.5) is 4.39 Å². The summed E-state index contributed by atoms with van der Waals surface area (Å²) in [4.78, 5) is 15.5. The molecule has 1 aromatic rings. The summed E-state index contributed by atoms with van der Waals surface area (Å²) < 4.78 is 18.9. The third kappa shape index (κ3) is 2.24. The van der Waals surface area contributed by atoms with Gasteiger partial charge in [-0.2, -0.15) is 0 Å². The lowest BCUT2D eigenvalue weighted by molar-refractivity contribution is -0.144. The van der Waals surface area contributed by atoms with Crippen LogP contribution < -0.4 is 0 Å². The van der Waals surface area contributed by atoms with Gasteiger partial charge >= 0.3 is 5.97 Å². The smallest absolute Gasteiger partial charge is 0.309 e. The molecule has 1 heterocycles. The van der Waals surface area contributed by atoms with Gasteiger partial charge in [0.05, 0.1) is 18.2 Å². The summed E-state index contributed by atoms with van der Waals surface area (Å²) in [5.74, 6) is -0.971. The van der Waals surface area contributed by atoms with Crippen molar-refractivity contribution in [3.8, 4) is 0 Å². The van der Waals surface area contributed by atoms with Crippen LogP contribution in [0.1, 0.15) is 25.0 Å². The Morgan fingerprint density at radius 1 is 1.69 bits per heavy atom. The van der Waals surface area contributed by atoms with Gasteiger partial charge in [-0.15, -0.1) is 0 Å². The van der Waals surface area contributed by atoms with E-state index in [2.05, 4.69) is 20.9 Å². The van der Waals surface area contributed by atoms with Crippen molar-refractivity contribution >= 4 is 21.9 Å². The van der Waals surface area contributed by atoms with Crippen LogP contribution in [0.3, 0.4) is 0 Å². The Hall–Kier alpha value is -0.970. The van der Waals surface area contributed by atoms with Gasteiger partial charge in [-0.25, -0.2) is 9.37 Å². The molecule has 2 atom stereocenters. The summed E-state index contributed by atoms with van der Waals surface area (Å²) in [6.07, 6.45) is 0.624. The average molecular weight is 288 g/mol. The summed E-state index contributed by atoms with van der Waals surface area (Å²) in [5, 5.41) is 0. The normalized spacial score (nSPS) is 22.9. The van der Waals surface area contributed by atoms with Crippen molar-refractivity contribution in [3.63, 3.8) is 0 Å². The first kappa shape index (κ1) is 11.5. The molecule has 3 nitrogen and oxygen atoms in total. The van der Waals surface area contributed by atoms with Crippen LogP contribution in [0.25, 0.3) is 0 Å². The van der Waals surface area contributed by atoms with Crippen molar-refractivity contribution in [1.82, 2.24) is 4.98 Å². The van der Waals surface area contributed by atoms with E-state index in [1.165, 1.54) is 6.07 Å². The van der Waals surface area contributed by atoms with E-state index < -0.39 is 0 Å². The van der Waals surface area contributed by atoms with Gasteiger partial charge in [0.25, 0.3) is 0 Å². The molecular formula is C11H11BrFNO2. The molecule has 16 heavy (non-hydrogen) atoms. The van der Waals surface area contributed by atoms with Gasteiger partial charge in [0.2, 0.25) is 0 Å². The molecule has 0 amide bonds.